The summed E-state index contributed by atoms with van der Waals surface area (Å²) in [4.78, 5) is 0. The van der Waals surface area contributed by atoms with E-state index in [2.05, 4.69) is 5.32 Å². The summed E-state index contributed by atoms with van der Waals surface area (Å²) in [7, 11) is 1.51. The molecule has 0 radical (unpaired) electrons. The van der Waals surface area contributed by atoms with Crippen LogP contribution in [-0.2, 0) is 0 Å². The molecule has 0 spiro atoms. The van der Waals surface area contributed by atoms with Gasteiger partial charge in [0.25, 0.3) is 0 Å². The lowest BCUT2D eigenvalue weighted by Gasteiger charge is -2.03. The predicted octanol–water partition coefficient (Wildman–Crippen LogP) is 1.84. The van der Waals surface area contributed by atoms with E-state index < -0.39 is 5.95 Å². The fourth-order valence-electron chi connectivity index (χ4n) is 0.736. The minimum atomic E-state index is -0.394. The monoisotopic (exact) mass is 144 g/mol. The van der Waals surface area contributed by atoms with Gasteiger partial charge in [0.05, 0.1) is 0 Å². The second-order valence-electron chi connectivity index (χ2n) is 2.02. The normalized spacial score (nSPS) is 12.4. The fraction of sp³-hybridized carbons (Fsp3) is 0.571. The zero-order valence-electron chi connectivity index (χ0n) is 6.59. The summed E-state index contributed by atoms with van der Waals surface area (Å²) < 4.78 is 12.7. The van der Waals surface area contributed by atoms with E-state index in [1.807, 2.05) is 6.92 Å². The van der Waals surface area contributed by atoms with Crippen LogP contribution in [-0.4, -0.2) is 12.8 Å². The molecule has 10 heavy (non-hydrogen) atoms. The third-order valence-electron chi connectivity index (χ3n) is 1.29. The van der Waals surface area contributed by atoms with Gasteiger partial charge in [-0.05, 0) is 13.3 Å². The molecule has 0 aromatic carbocycles. The number of hydrogen-bond acceptors (Lipinski definition) is 2. The van der Waals surface area contributed by atoms with Crippen LogP contribution in [0.4, 0.5) is 4.39 Å². The Kier molecular flexibility index (Phi) is 3.69. The molecule has 0 aromatic rings. The lowest BCUT2D eigenvalue weighted by Crippen LogP contribution is -2.08. The average molecular weight is 144 g/mol. The zero-order chi connectivity index (χ0) is 8.15. The first-order chi connectivity index (χ1) is 4.63. The van der Waals surface area contributed by atoms with Gasteiger partial charge in [-0.25, -0.2) is 0 Å². The maximum Gasteiger partial charge on any atom is 0.191 e. The van der Waals surface area contributed by atoms with Crippen molar-refractivity contribution in [3.63, 3.8) is 0 Å². The van der Waals surface area contributed by atoms with Crippen LogP contribution in [0.3, 0.4) is 0 Å². The van der Waals surface area contributed by atoms with Crippen molar-refractivity contribution in [2.45, 2.75) is 20.3 Å². The minimum absolute atomic E-state index is 0.286. The molecule has 0 heterocycles. The Morgan fingerprint density at radius 1 is 1.60 bits per heavy atom. The van der Waals surface area contributed by atoms with Crippen molar-refractivity contribution >= 4 is 5.71 Å². The molecule has 0 amide bonds. The van der Waals surface area contributed by atoms with Gasteiger partial charge in [-0.2, -0.15) is 4.39 Å². The van der Waals surface area contributed by atoms with Gasteiger partial charge >= 0.3 is 0 Å². The summed E-state index contributed by atoms with van der Waals surface area (Å²) in [6.07, 6.45) is 0.558. The molecule has 0 atom stereocenters. The van der Waals surface area contributed by atoms with Crippen molar-refractivity contribution in [2.24, 2.45) is 0 Å². The number of allylic oxidation sites excluding steroid dienone is 1. The van der Waals surface area contributed by atoms with E-state index in [1.54, 1.807) is 6.92 Å². The van der Waals surface area contributed by atoms with Gasteiger partial charge in [0, 0.05) is 18.3 Å². The number of nitrogens with one attached hydrogen (secondary N) is 2. The van der Waals surface area contributed by atoms with E-state index in [-0.39, 0.29) is 5.71 Å². The van der Waals surface area contributed by atoms with Crippen LogP contribution in [0.2, 0.25) is 0 Å². The maximum atomic E-state index is 12.7. The molecule has 0 fully saturated rings. The molecule has 0 aliphatic carbocycles. The first-order valence-electron chi connectivity index (χ1n) is 3.25. The predicted molar refractivity (Wildman–Crippen MR) is 40.9 cm³/mol. The summed E-state index contributed by atoms with van der Waals surface area (Å²) >= 11 is 0. The maximum absolute atomic E-state index is 12.7. The third-order valence-corrected chi connectivity index (χ3v) is 1.29. The molecule has 0 aliphatic rings. The topological polar surface area (TPSA) is 35.9 Å². The Morgan fingerprint density at radius 2 is 2.10 bits per heavy atom. The lowest BCUT2D eigenvalue weighted by atomic mass is 10.1. The van der Waals surface area contributed by atoms with Crippen molar-refractivity contribution in [1.82, 2.24) is 5.32 Å². The molecular weight excluding hydrogens is 131 g/mol. The van der Waals surface area contributed by atoms with Crippen LogP contribution >= 0.6 is 0 Å². The molecule has 0 saturated carbocycles. The second-order valence-corrected chi connectivity index (χ2v) is 2.02. The van der Waals surface area contributed by atoms with Crippen LogP contribution in [0.25, 0.3) is 0 Å². The highest BCUT2D eigenvalue weighted by Crippen LogP contribution is 2.07. The molecule has 0 bridgehead atoms. The molecular formula is C7H13FN2. The van der Waals surface area contributed by atoms with E-state index in [1.165, 1.54) is 7.05 Å². The van der Waals surface area contributed by atoms with E-state index in [9.17, 15) is 4.39 Å². The molecule has 0 aliphatic heterocycles. The van der Waals surface area contributed by atoms with Crippen molar-refractivity contribution in [3.8, 4) is 0 Å². The van der Waals surface area contributed by atoms with Gasteiger partial charge in [0.15, 0.2) is 5.95 Å². The van der Waals surface area contributed by atoms with Crippen molar-refractivity contribution in [1.29, 1.82) is 5.41 Å². The second kappa shape index (κ2) is 4.04. The number of halogens is 1. The first kappa shape index (κ1) is 9.14. The van der Waals surface area contributed by atoms with Crippen molar-refractivity contribution < 1.29 is 4.39 Å². The number of hydrogen-bond donors (Lipinski definition) is 2. The Morgan fingerprint density at radius 3 is 2.20 bits per heavy atom. The van der Waals surface area contributed by atoms with Crippen molar-refractivity contribution in [2.75, 3.05) is 7.05 Å². The fourth-order valence-corrected chi connectivity index (χ4v) is 0.736. The quantitative estimate of drug-likeness (QED) is 0.460. The average Bonchev–Trinajstić information content (AvgIpc) is 1.88. The Bertz CT molecular complexity index is 161. The summed E-state index contributed by atoms with van der Waals surface area (Å²) in [5, 5.41) is 9.52. The molecule has 0 aromatic heterocycles. The molecule has 2 nitrogen and oxygen atoms in total. The van der Waals surface area contributed by atoms with Gasteiger partial charge in [0.1, 0.15) is 0 Å². The van der Waals surface area contributed by atoms with Gasteiger partial charge in [-0.3, -0.25) is 0 Å². The van der Waals surface area contributed by atoms with Gasteiger partial charge in [-0.15, -0.1) is 0 Å². The molecule has 0 saturated heterocycles. The first-order valence-corrected chi connectivity index (χ1v) is 3.25. The summed E-state index contributed by atoms with van der Waals surface area (Å²) in [6.45, 7) is 3.40. The van der Waals surface area contributed by atoms with Gasteiger partial charge in [-0.1, -0.05) is 6.92 Å². The molecule has 2 N–H and O–H groups in total. The van der Waals surface area contributed by atoms with Crippen LogP contribution < -0.4 is 5.32 Å². The Labute approximate surface area is 60.6 Å². The summed E-state index contributed by atoms with van der Waals surface area (Å²) in [5.41, 5.74) is 0.733. The molecule has 58 valence electrons. The molecule has 3 heteroatoms. The highest BCUT2D eigenvalue weighted by molar-refractivity contribution is 5.95. The van der Waals surface area contributed by atoms with Crippen LogP contribution in [0, 0.1) is 5.41 Å². The Balaban J connectivity index is 4.45. The van der Waals surface area contributed by atoms with E-state index in [0.29, 0.717) is 12.0 Å². The van der Waals surface area contributed by atoms with Crippen LogP contribution in [0.5, 0.6) is 0 Å². The lowest BCUT2D eigenvalue weighted by molar-refractivity contribution is 0.563. The van der Waals surface area contributed by atoms with Crippen LogP contribution in [0.1, 0.15) is 20.3 Å². The molecule has 0 rings (SSSR count). The SMILES string of the molecule is CC/C(C(C)=N)=C(\F)NC. The standard InChI is InChI=1S/C7H13FN2/c1-4-6(5(2)9)7(8)10-3/h9-10H,4H2,1-3H3/b7-6-,9-5?. The van der Waals surface area contributed by atoms with Crippen molar-refractivity contribution in [3.05, 3.63) is 11.5 Å². The summed E-state index contributed by atoms with van der Waals surface area (Å²) in [6, 6.07) is 0. The van der Waals surface area contributed by atoms with E-state index >= 15 is 0 Å². The Hall–Kier alpha value is -0.860. The highest BCUT2D eigenvalue weighted by atomic mass is 19.1. The van der Waals surface area contributed by atoms with E-state index in [4.69, 9.17) is 5.41 Å². The third kappa shape index (κ3) is 2.17. The smallest absolute Gasteiger partial charge is 0.191 e. The minimum Gasteiger partial charge on any atom is -0.365 e. The number of rotatable bonds is 3. The van der Waals surface area contributed by atoms with Gasteiger partial charge in [0.2, 0.25) is 0 Å². The highest BCUT2D eigenvalue weighted by Gasteiger charge is 2.03. The summed E-state index contributed by atoms with van der Waals surface area (Å²) in [5.74, 6) is -0.394. The van der Waals surface area contributed by atoms with E-state index in [0.717, 1.165) is 0 Å². The van der Waals surface area contributed by atoms with Gasteiger partial charge < -0.3 is 10.7 Å². The molecule has 0 unspecified atom stereocenters. The zero-order valence-corrected chi connectivity index (χ0v) is 6.59. The van der Waals surface area contributed by atoms with Crippen LogP contribution in [0.15, 0.2) is 11.5 Å². The largest absolute Gasteiger partial charge is 0.365 e.